The normalized spacial score (nSPS) is 10.5. The predicted molar refractivity (Wildman–Crippen MR) is 66.1 cm³/mol. The molecule has 0 unspecified atom stereocenters. The van der Waals surface area contributed by atoms with Gasteiger partial charge in [0, 0.05) is 22.2 Å². The molecule has 1 aromatic carbocycles. The fraction of sp³-hybridized carbons (Fsp3) is 0.0909. The lowest BCUT2D eigenvalue weighted by atomic mass is 10.1. The second kappa shape index (κ2) is 4.77. The summed E-state index contributed by atoms with van der Waals surface area (Å²) >= 11 is 12.0. The summed E-state index contributed by atoms with van der Waals surface area (Å²) in [5.74, 6) is 0. The molecule has 0 aliphatic carbocycles. The minimum Gasteiger partial charge on any atom is -0.445 e. The molecule has 1 amide bonds. The molecule has 2 aromatic rings. The van der Waals surface area contributed by atoms with Gasteiger partial charge in [0.1, 0.15) is 6.61 Å². The van der Waals surface area contributed by atoms with Crippen molar-refractivity contribution in [2.24, 2.45) is 5.73 Å². The van der Waals surface area contributed by atoms with Crippen molar-refractivity contribution in [2.75, 3.05) is 0 Å². The Morgan fingerprint density at radius 1 is 1.41 bits per heavy atom. The molecule has 2 N–H and O–H groups in total. The second-order valence-corrected chi connectivity index (χ2v) is 4.20. The number of amides is 1. The molecule has 0 atom stereocenters. The van der Waals surface area contributed by atoms with Gasteiger partial charge in [-0.15, -0.1) is 0 Å². The highest BCUT2D eigenvalue weighted by atomic mass is 35.5. The molecule has 0 saturated carbocycles. The van der Waals surface area contributed by atoms with Crippen molar-refractivity contribution >= 4 is 40.2 Å². The molecule has 0 saturated heterocycles. The van der Waals surface area contributed by atoms with Crippen molar-refractivity contribution in [3.63, 3.8) is 0 Å². The minimum atomic E-state index is -0.833. The number of rotatable bonds is 2. The zero-order valence-electron chi connectivity index (χ0n) is 8.61. The third-order valence-corrected chi connectivity index (χ3v) is 2.73. The molecule has 0 spiro atoms. The Morgan fingerprint density at radius 3 is 2.88 bits per heavy atom. The first-order valence-corrected chi connectivity index (χ1v) is 5.48. The molecule has 0 fully saturated rings. The maximum atomic E-state index is 10.6. The van der Waals surface area contributed by atoms with Gasteiger partial charge in [0.25, 0.3) is 0 Å². The first-order chi connectivity index (χ1) is 8.08. The number of carbonyl (C=O) groups is 1. The van der Waals surface area contributed by atoms with E-state index >= 15 is 0 Å². The molecular formula is C11H8Cl2N2O2. The minimum absolute atomic E-state index is 0.0513. The van der Waals surface area contributed by atoms with Gasteiger partial charge < -0.3 is 10.5 Å². The van der Waals surface area contributed by atoms with Crippen molar-refractivity contribution < 1.29 is 9.53 Å². The van der Waals surface area contributed by atoms with Crippen LogP contribution in [0, 0.1) is 0 Å². The summed E-state index contributed by atoms with van der Waals surface area (Å²) in [4.78, 5) is 14.7. The van der Waals surface area contributed by atoms with Crippen LogP contribution in [-0.2, 0) is 11.3 Å². The van der Waals surface area contributed by atoms with Crippen LogP contribution in [0.5, 0.6) is 0 Å². The van der Waals surface area contributed by atoms with Gasteiger partial charge in [0.2, 0.25) is 0 Å². The summed E-state index contributed by atoms with van der Waals surface area (Å²) in [6.45, 7) is 0.0513. The van der Waals surface area contributed by atoms with Gasteiger partial charge in [-0.05, 0) is 18.2 Å². The van der Waals surface area contributed by atoms with Gasteiger partial charge in [0.15, 0.2) is 0 Å². The number of hydrogen-bond acceptors (Lipinski definition) is 3. The standard InChI is InChI=1S/C11H8Cl2N2O2/c12-7-3-8(13)10-6(5-17-11(14)16)1-2-15-9(10)4-7/h1-4H,5H2,(H2,14,16). The highest BCUT2D eigenvalue weighted by Gasteiger charge is 2.09. The lowest BCUT2D eigenvalue weighted by molar-refractivity contribution is 0.150. The maximum Gasteiger partial charge on any atom is 0.404 e. The fourth-order valence-electron chi connectivity index (χ4n) is 1.54. The van der Waals surface area contributed by atoms with E-state index in [1.165, 1.54) is 0 Å². The molecular weight excluding hydrogens is 263 g/mol. The number of fused-ring (bicyclic) bond motifs is 1. The van der Waals surface area contributed by atoms with E-state index in [2.05, 4.69) is 4.98 Å². The zero-order valence-corrected chi connectivity index (χ0v) is 10.1. The van der Waals surface area contributed by atoms with Crippen molar-refractivity contribution in [1.29, 1.82) is 0 Å². The number of primary amides is 1. The molecule has 0 bridgehead atoms. The highest BCUT2D eigenvalue weighted by molar-refractivity contribution is 6.38. The van der Waals surface area contributed by atoms with E-state index in [1.54, 1.807) is 24.4 Å². The van der Waals surface area contributed by atoms with E-state index in [0.717, 1.165) is 5.56 Å². The van der Waals surface area contributed by atoms with E-state index in [4.69, 9.17) is 33.7 Å². The topological polar surface area (TPSA) is 65.2 Å². The molecule has 2 rings (SSSR count). The third kappa shape index (κ3) is 2.60. The van der Waals surface area contributed by atoms with Gasteiger partial charge in [-0.2, -0.15) is 0 Å². The number of nitrogens with two attached hydrogens (primary N) is 1. The molecule has 17 heavy (non-hydrogen) atoms. The first kappa shape index (κ1) is 12.0. The molecule has 88 valence electrons. The van der Waals surface area contributed by atoms with Crippen molar-refractivity contribution in [1.82, 2.24) is 4.98 Å². The summed E-state index contributed by atoms with van der Waals surface area (Å²) < 4.78 is 4.74. The Balaban J connectivity index is 2.52. The van der Waals surface area contributed by atoms with Crippen LogP contribution in [0.4, 0.5) is 4.79 Å². The predicted octanol–water partition coefficient (Wildman–Crippen LogP) is 3.14. The zero-order chi connectivity index (χ0) is 12.4. The summed E-state index contributed by atoms with van der Waals surface area (Å²) in [6, 6.07) is 5.02. The van der Waals surface area contributed by atoms with Crippen LogP contribution in [0.1, 0.15) is 5.56 Å². The average molecular weight is 271 g/mol. The smallest absolute Gasteiger partial charge is 0.404 e. The number of ether oxygens (including phenoxy) is 1. The Hall–Kier alpha value is -1.52. The van der Waals surface area contributed by atoms with Gasteiger partial charge in [-0.1, -0.05) is 23.2 Å². The summed E-state index contributed by atoms with van der Waals surface area (Å²) in [5.41, 5.74) is 6.29. The van der Waals surface area contributed by atoms with Crippen LogP contribution in [0.3, 0.4) is 0 Å². The molecule has 0 aliphatic heterocycles. The fourth-order valence-corrected chi connectivity index (χ4v) is 2.14. The van der Waals surface area contributed by atoms with E-state index in [-0.39, 0.29) is 6.61 Å². The molecule has 6 heteroatoms. The van der Waals surface area contributed by atoms with Crippen LogP contribution in [0.25, 0.3) is 10.9 Å². The van der Waals surface area contributed by atoms with Gasteiger partial charge in [-0.3, -0.25) is 4.98 Å². The number of carbonyl (C=O) groups excluding carboxylic acids is 1. The Labute approximate surface area is 107 Å². The van der Waals surface area contributed by atoms with Crippen LogP contribution >= 0.6 is 23.2 Å². The molecule has 4 nitrogen and oxygen atoms in total. The Kier molecular flexibility index (Phi) is 3.36. The van der Waals surface area contributed by atoms with Crippen LogP contribution in [-0.4, -0.2) is 11.1 Å². The Bertz CT molecular complexity index is 587. The van der Waals surface area contributed by atoms with Crippen LogP contribution < -0.4 is 5.73 Å². The summed E-state index contributed by atoms with van der Waals surface area (Å²) in [6.07, 6.45) is 0.759. The van der Waals surface area contributed by atoms with Gasteiger partial charge >= 0.3 is 6.09 Å². The van der Waals surface area contributed by atoms with E-state index in [1.807, 2.05) is 0 Å². The lowest BCUT2D eigenvalue weighted by Crippen LogP contribution is -2.12. The molecule has 0 radical (unpaired) electrons. The summed E-state index contributed by atoms with van der Waals surface area (Å²) in [7, 11) is 0. The monoisotopic (exact) mass is 270 g/mol. The van der Waals surface area contributed by atoms with E-state index in [0.29, 0.717) is 20.9 Å². The van der Waals surface area contributed by atoms with Crippen LogP contribution in [0.15, 0.2) is 24.4 Å². The highest BCUT2D eigenvalue weighted by Crippen LogP contribution is 2.29. The number of benzene rings is 1. The molecule has 1 aromatic heterocycles. The number of hydrogen-bond donors (Lipinski definition) is 1. The number of pyridine rings is 1. The number of aromatic nitrogens is 1. The second-order valence-electron chi connectivity index (χ2n) is 3.36. The van der Waals surface area contributed by atoms with Crippen LogP contribution in [0.2, 0.25) is 10.0 Å². The van der Waals surface area contributed by atoms with Gasteiger partial charge in [-0.25, -0.2) is 4.79 Å². The van der Waals surface area contributed by atoms with Crippen molar-refractivity contribution in [3.05, 3.63) is 40.0 Å². The largest absolute Gasteiger partial charge is 0.445 e. The average Bonchev–Trinajstić information content (AvgIpc) is 2.25. The van der Waals surface area contributed by atoms with Crippen molar-refractivity contribution in [3.8, 4) is 0 Å². The summed E-state index contributed by atoms with van der Waals surface area (Å²) in [5, 5.41) is 1.67. The Morgan fingerprint density at radius 2 is 2.18 bits per heavy atom. The van der Waals surface area contributed by atoms with E-state index < -0.39 is 6.09 Å². The number of nitrogens with zero attached hydrogens (tertiary/aromatic N) is 1. The lowest BCUT2D eigenvalue weighted by Gasteiger charge is -2.08. The van der Waals surface area contributed by atoms with E-state index in [9.17, 15) is 4.79 Å². The quantitative estimate of drug-likeness (QED) is 0.912. The van der Waals surface area contributed by atoms with Crippen molar-refractivity contribution in [2.45, 2.75) is 6.61 Å². The molecule has 0 aliphatic rings. The first-order valence-electron chi connectivity index (χ1n) is 4.73. The third-order valence-electron chi connectivity index (χ3n) is 2.21. The SMILES string of the molecule is NC(=O)OCc1ccnc2cc(Cl)cc(Cl)c12. The molecule has 1 heterocycles. The van der Waals surface area contributed by atoms with Gasteiger partial charge in [0.05, 0.1) is 10.5 Å². The number of halogens is 2. The maximum absolute atomic E-state index is 10.6.